The summed E-state index contributed by atoms with van der Waals surface area (Å²) in [6.07, 6.45) is 2.09. The molecule has 0 saturated heterocycles. The number of thioether (sulfide) groups is 1. The molecule has 3 heteroatoms. The summed E-state index contributed by atoms with van der Waals surface area (Å²) < 4.78 is 0. The zero-order chi connectivity index (χ0) is 11.3. The largest absolute Gasteiger partial charge is 0.312 e. The lowest BCUT2D eigenvalue weighted by Crippen LogP contribution is -2.19. The number of nitrogens with one attached hydrogen (secondary N) is 1. The average Bonchev–Trinajstić information content (AvgIpc) is 2.17. The van der Waals surface area contributed by atoms with Crippen LogP contribution in [0.25, 0.3) is 0 Å². The van der Waals surface area contributed by atoms with E-state index in [2.05, 4.69) is 31.5 Å². The molecule has 1 aromatic rings. The Kier molecular flexibility index (Phi) is 5.51. The number of rotatable bonds is 5. The van der Waals surface area contributed by atoms with Gasteiger partial charge in [0.25, 0.3) is 0 Å². The van der Waals surface area contributed by atoms with Gasteiger partial charge in [-0.05, 0) is 42.5 Å². The molecule has 0 atom stereocenters. The highest BCUT2D eigenvalue weighted by atomic mass is 35.5. The number of halogens is 1. The molecule has 1 rings (SSSR count). The average molecular weight is 244 g/mol. The van der Waals surface area contributed by atoms with Gasteiger partial charge in [-0.25, -0.2) is 0 Å². The fourth-order valence-corrected chi connectivity index (χ4v) is 2.17. The maximum absolute atomic E-state index is 5.98. The lowest BCUT2D eigenvalue weighted by atomic mass is 10.2. The Morgan fingerprint density at radius 2 is 2.13 bits per heavy atom. The Morgan fingerprint density at radius 1 is 1.40 bits per heavy atom. The van der Waals surface area contributed by atoms with Gasteiger partial charge in [0.2, 0.25) is 0 Å². The Balaban J connectivity index is 2.62. The van der Waals surface area contributed by atoms with E-state index >= 15 is 0 Å². The van der Waals surface area contributed by atoms with Gasteiger partial charge < -0.3 is 5.32 Å². The smallest absolute Gasteiger partial charge is 0.0410 e. The first-order valence-corrected chi connectivity index (χ1v) is 6.77. The van der Waals surface area contributed by atoms with Crippen LogP contribution < -0.4 is 5.32 Å². The van der Waals surface area contributed by atoms with Crippen LogP contribution in [-0.2, 0) is 6.54 Å². The minimum absolute atomic E-state index is 0.682. The van der Waals surface area contributed by atoms with Gasteiger partial charge in [-0.15, -0.1) is 11.8 Å². The number of benzene rings is 1. The first-order chi connectivity index (χ1) is 7.13. The normalized spacial score (nSPS) is 11.0. The molecule has 0 saturated carbocycles. The van der Waals surface area contributed by atoms with Crippen LogP contribution >= 0.6 is 23.4 Å². The van der Waals surface area contributed by atoms with E-state index < -0.39 is 0 Å². The predicted molar refractivity (Wildman–Crippen MR) is 69.8 cm³/mol. The van der Waals surface area contributed by atoms with E-state index in [-0.39, 0.29) is 0 Å². The zero-order valence-corrected chi connectivity index (χ0v) is 11.1. The van der Waals surface area contributed by atoms with Crippen molar-refractivity contribution in [2.45, 2.75) is 25.3 Å². The summed E-state index contributed by atoms with van der Waals surface area (Å²) in [7, 11) is 0. The third kappa shape index (κ3) is 4.45. The molecule has 0 unspecified atom stereocenters. The quantitative estimate of drug-likeness (QED) is 0.790. The molecule has 0 aliphatic rings. The molecule has 0 aliphatic carbocycles. The fourth-order valence-electron chi connectivity index (χ4n) is 1.38. The highest BCUT2D eigenvalue weighted by Crippen LogP contribution is 2.23. The van der Waals surface area contributed by atoms with Gasteiger partial charge in [-0.3, -0.25) is 0 Å². The molecule has 84 valence electrons. The first-order valence-electron chi connectivity index (χ1n) is 5.16. The highest BCUT2D eigenvalue weighted by molar-refractivity contribution is 7.98. The van der Waals surface area contributed by atoms with Crippen molar-refractivity contribution < 1.29 is 0 Å². The maximum Gasteiger partial charge on any atom is 0.0410 e. The van der Waals surface area contributed by atoms with Crippen LogP contribution in [0.3, 0.4) is 0 Å². The van der Waals surface area contributed by atoms with Crippen LogP contribution in [0.5, 0.6) is 0 Å². The Bertz CT molecular complexity index is 312. The molecule has 0 fully saturated rings. The SMILES string of the molecule is CSc1ccc(Cl)cc1CNCC(C)C. The molecule has 0 aromatic heterocycles. The molecular formula is C12H18ClNS. The van der Waals surface area contributed by atoms with Gasteiger partial charge in [0.05, 0.1) is 0 Å². The topological polar surface area (TPSA) is 12.0 Å². The van der Waals surface area contributed by atoms with Crippen LogP contribution in [0.2, 0.25) is 5.02 Å². The summed E-state index contributed by atoms with van der Waals surface area (Å²) in [5, 5.41) is 4.25. The number of hydrogen-bond donors (Lipinski definition) is 1. The standard InChI is InChI=1S/C12H18ClNS/c1-9(2)7-14-8-10-6-11(13)4-5-12(10)15-3/h4-6,9,14H,7-8H2,1-3H3. The molecule has 1 aromatic carbocycles. The second-order valence-corrected chi connectivity index (χ2v) is 5.27. The first kappa shape index (κ1) is 12.9. The van der Waals surface area contributed by atoms with Gasteiger partial charge in [0.1, 0.15) is 0 Å². The number of hydrogen-bond acceptors (Lipinski definition) is 2. The van der Waals surface area contributed by atoms with Crippen molar-refractivity contribution in [2.24, 2.45) is 5.92 Å². The summed E-state index contributed by atoms with van der Waals surface area (Å²) in [5.74, 6) is 0.682. The predicted octanol–water partition coefficient (Wildman–Crippen LogP) is 3.81. The van der Waals surface area contributed by atoms with E-state index in [1.54, 1.807) is 11.8 Å². The Labute approximate surface area is 102 Å². The monoisotopic (exact) mass is 243 g/mol. The van der Waals surface area contributed by atoms with Crippen molar-refractivity contribution in [3.05, 3.63) is 28.8 Å². The summed E-state index contributed by atoms with van der Waals surface area (Å²) in [6, 6.07) is 6.07. The van der Waals surface area contributed by atoms with Crippen LogP contribution in [0.15, 0.2) is 23.1 Å². The van der Waals surface area contributed by atoms with E-state index in [4.69, 9.17) is 11.6 Å². The second-order valence-electron chi connectivity index (χ2n) is 3.98. The molecule has 0 amide bonds. The lowest BCUT2D eigenvalue weighted by molar-refractivity contribution is 0.550. The van der Waals surface area contributed by atoms with E-state index in [0.717, 1.165) is 18.1 Å². The Morgan fingerprint density at radius 3 is 2.73 bits per heavy atom. The van der Waals surface area contributed by atoms with E-state index in [1.807, 2.05) is 12.1 Å². The zero-order valence-electron chi connectivity index (χ0n) is 9.51. The van der Waals surface area contributed by atoms with Crippen molar-refractivity contribution in [1.82, 2.24) is 5.32 Å². The van der Waals surface area contributed by atoms with Crippen molar-refractivity contribution in [2.75, 3.05) is 12.8 Å². The van der Waals surface area contributed by atoms with Gasteiger partial charge in [0.15, 0.2) is 0 Å². The van der Waals surface area contributed by atoms with E-state index in [9.17, 15) is 0 Å². The van der Waals surface area contributed by atoms with Gasteiger partial charge in [-0.2, -0.15) is 0 Å². The van der Waals surface area contributed by atoms with Crippen LogP contribution in [0.1, 0.15) is 19.4 Å². The molecule has 1 nitrogen and oxygen atoms in total. The van der Waals surface area contributed by atoms with Crippen molar-refractivity contribution in [3.8, 4) is 0 Å². The molecule has 0 radical (unpaired) electrons. The van der Waals surface area contributed by atoms with Crippen LogP contribution in [0, 0.1) is 5.92 Å². The molecule has 0 aliphatic heterocycles. The summed E-state index contributed by atoms with van der Waals surface area (Å²) in [4.78, 5) is 1.30. The summed E-state index contributed by atoms with van der Waals surface area (Å²) in [5.41, 5.74) is 1.29. The van der Waals surface area contributed by atoms with Gasteiger partial charge in [0, 0.05) is 16.5 Å². The minimum Gasteiger partial charge on any atom is -0.312 e. The second kappa shape index (κ2) is 6.41. The third-order valence-corrected chi connectivity index (χ3v) is 3.18. The van der Waals surface area contributed by atoms with Gasteiger partial charge >= 0.3 is 0 Å². The summed E-state index contributed by atoms with van der Waals surface area (Å²) >= 11 is 7.74. The molecule has 15 heavy (non-hydrogen) atoms. The van der Waals surface area contributed by atoms with Crippen LogP contribution in [-0.4, -0.2) is 12.8 Å². The molecule has 0 bridgehead atoms. The lowest BCUT2D eigenvalue weighted by Gasteiger charge is -2.10. The molecule has 0 spiro atoms. The van der Waals surface area contributed by atoms with Crippen molar-refractivity contribution in [3.63, 3.8) is 0 Å². The third-order valence-electron chi connectivity index (χ3n) is 2.11. The molecule has 1 N–H and O–H groups in total. The maximum atomic E-state index is 5.98. The minimum atomic E-state index is 0.682. The van der Waals surface area contributed by atoms with Gasteiger partial charge in [-0.1, -0.05) is 25.4 Å². The summed E-state index contributed by atoms with van der Waals surface area (Å²) in [6.45, 7) is 6.36. The Hall–Kier alpha value is -0.180. The van der Waals surface area contributed by atoms with Crippen LogP contribution in [0.4, 0.5) is 0 Å². The van der Waals surface area contributed by atoms with E-state index in [0.29, 0.717) is 5.92 Å². The van der Waals surface area contributed by atoms with Crippen molar-refractivity contribution in [1.29, 1.82) is 0 Å². The van der Waals surface area contributed by atoms with Crippen molar-refractivity contribution >= 4 is 23.4 Å². The molecule has 0 heterocycles. The molecular weight excluding hydrogens is 226 g/mol. The fraction of sp³-hybridized carbons (Fsp3) is 0.500. The van der Waals surface area contributed by atoms with E-state index in [1.165, 1.54) is 10.5 Å². The highest BCUT2D eigenvalue weighted by Gasteiger charge is 2.02.